The van der Waals surface area contributed by atoms with Crippen LogP contribution in [0, 0.1) is 17.8 Å². The van der Waals surface area contributed by atoms with Crippen LogP contribution in [0.1, 0.15) is 115 Å². The number of ether oxygens (including phenoxy) is 9. The lowest BCUT2D eigenvalue weighted by Gasteiger charge is -2.46. The van der Waals surface area contributed by atoms with E-state index < -0.39 is 97.6 Å². The molecule has 58 heavy (non-hydrogen) atoms. The molecule has 8 rings (SSSR count). The Morgan fingerprint density at radius 1 is 0.845 bits per heavy atom. The first-order valence-corrected chi connectivity index (χ1v) is 21.5. The van der Waals surface area contributed by atoms with Gasteiger partial charge in [-0.1, -0.05) is 63.3 Å². The van der Waals surface area contributed by atoms with Crippen molar-refractivity contribution >= 4 is 12.1 Å². The number of fused-ring (bicyclic) bond motifs is 3. The third kappa shape index (κ3) is 8.46. The molecule has 0 amide bonds. The summed E-state index contributed by atoms with van der Waals surface area (Å²) in [5.41, 5.74) is 9.90. The first kappa shape index (κ1) is 41.7. The van der Waals surface area contributed by atoms with Crippen molar-refractivity contribution in [2.24, 2.45) is 22.9 Å². The molecule has 14 atom stereocenters. The van der Waals surface area contributed by atoms with Gasteiger partial charge in [-0.3, -0.25) is 0 Å². The summed E-state index contributed by atoms with van der Waals surface area (Å²) < 4.78 is 58.6. The van der Waals surface area contributed by atoms with Gasteiger partial charge in [0.2, 0.25) is 0 Å². The quantitative estimate of drug-likeness (QED) is 0.123. The van der Waals surface area contributed by atoms with Crippen LogP contribution in [0.2, 0.25) is 0 Å². The fourth-order valence-electron chi connectivity index (χ4n) is 10.5. The van der Waals surface area contributed by atoms with E-state index in [0.717, 1.165) is 51.4 Å². The second-order valence-corrected chi connectivity index (χ2v) is 17.9. The number of aliphatic hydroxyl groups excluding tert-OH is 2. The van der Waals surface area contributed by atoms with Gasteiger partial charge in [0.25, 0.3) is 0 Å². The summed E-state index contributed by atoms with van der Waals surface area (Å²) in [6, 6.07) is 6.86. The van der Waals surface area contributed by atoms with Gasteiger partial charge in [0.15, 0.2) is 24.0 Å². The van der Waals surface area contributed by atoms with E-state index in [9.17, 15) is 25.3 Å². The van der Waals surface area contributed by atoms with Gasteiger partial charge < -0.3 is 52.8 Å². The second-order valence-electron chi connectivity index (χ2n) is 17.9. The van der Waals surface area contributed by atoms with Gasteiger partial charge in [0.1, 0.15) is 61.5 Å². The lowest BCUT2D eigenvalue weighted by atomic mass is 9.75. The van der Waals surface area contributed by atoms with E-state index in [-0.39, 0.29) is 23.5 Å². The molecule has 16 nitrogen and oxygen atoms in total. The van der Waals surface area contributed by atoms with E-state index in [1.54, 1.807) is 30.3 Å². The highest BCUT2D eigenvalue weighted by molar-refractivity contribution is 5.89. The number of benzene rings is 1. The predicted octanol–water partition coefficient (Wildman–Crippen LogP) is 6.24. The average Bonchev–Trinajstić information content (AvgIpc) is 3.77. The van der Waals surface area contributed by atoms with Crippen molar-refractivity contribution < 1.29 is 62.4 Å². The average molecular weight is 814 g/mol. The van der Waals surface area contributed by atoms with Crippen LogP contribution in [0.4, 0.5) is 4.79 Å². The predicted molar refractivity (Wildman–Crippen MR) is 203 cm³/mol. The molecule has 320 valence electrons. The maximum atomic E-state index is 14.1. The van der Waals surface area contributed by atoms with Gasteiger partial charge >= 0.3 is 12.1 Å². The molecular formula is C42H59N3O13. The van der Waals surface area contributed by atoms with Crippen molar-refractivity contribution in [1.29, 1.82) is 0 Å². The van der Waals surface area contributed by atoms with Crippen LogP contribution in [0.15, 0.2) is 35.4 Å². The standard InChI is InChI=1S/C42H59N3O13/c1-23(2)26-16-15-24(3)21-27(26)52-40(49)54-33-32(53-39-29(44-45-43)31(47)30(46)28(51-39)22-50-38(48)25-13-7-4-8-14-25)34-36(57-41(55-34)17-9-5-10-18-41)37-35(33)56-42(58-37)19-11-6-12-20-42/h4,7-8,13-14,23-24,26-37,39,46-47H,5-6,9-12,15-22H2,1-3H3/t24-,26+,27-,28-,29-,30-,31-,32+,33+,34-,35+,36+,37+,39-/m1/s1. The van der Waals surface area contributed by atoms with Crippen LogP contribution in [0.3, 0.4) is 0 Å². The molecule has 0 unspecified atom stereocenters. The summed E-state index contributed by atoms with van der Waals surface area (Å²) in [4.78, 5) is 29.9. The van der Waals surface area contributed by atoms with Crippen LogP contribution in [-0.2, 0) is 42.6 Å². The number of esters is 1. The number of hydrogen-bond acceptors (Lipinski definition) is 14. The van der Waals surface area contributed by atoms with Crippen molar-refractivity contribution in [2.45, 2.75) is 189 Å². The fraction of sp³-hybridized carbons (Fsp3) is 0.810. The van der Waals surface area contributed by atoms with Gasteiger partial charge in [-0.2, -0.15) is 0 Å². The lowest BCUT2D eigenvalue weighted by molar-refractivity contribution is -0.307. The molecule has 2 N–H and O–H groups in total. The minimum Gasteiger partial charge on any atom is -0.459 e. The molecular weight excluding hydrogens is 754 g/mol. The van der Waals surface area contributed by atoms with E-state index in [1.807, 2.05) is 0 Å². The first-order chi connectivity index (χ1) is 28.0. The Hall–Kier alpha value is -3.05. The minimum atomic E-state index is -1.69. The van der Waals surface area contributed by atoms with E-state index in [2.05, 4.69) is 30.8 Å². The van der Waals surface area contributed by atoms with Crippen molar-refractivity contribution in [3.8, 4) is 0 Å². The Balaban J connectivity index is 1.12. The number of aliphatic hydroxyl groups is 2. The van der Waals surface area contributed by atoms with E-state index >= 15 is 0 Å². The third-order valence-corrected chi connectivity index (χ3v) is 13.6. The molecule has 0 aromatic heterocycles. The monoisotopic (exact) mass is 813 g/mol. The highest BCUT2D eigenvalue weighted by atomic mass is 16.8. The zero-order chi connectivity index (χ0) is 40.6. The molecule has 16 heteroatoms. The van der Waals surface area contributed by atoms with Gasteiger partial charge in [-0.05, 0) is 73.9 Å². The maximum absolute atomic E-state index is 14.1. The topological polar surface area (TPSA) is 206 Å². The minimum absolute atomic E-state index is 0.162. The fourth-order valence-corrected chi connectivity index (χ4v) is 10.5. The van der Waals surface area contributed by atoms with Gasteiger partial charge in [-0.15, -0.1) is 0 Å². The molecule has 3 heterocycles. The summed E-state index contributed by atoms with van der Waals surface area (Å²) in [5.74, 6) is -1.70. The summed E-state index contributed by atoms with van der Waals surface area (Å²) >= 11 is 0. The number of hydrogen-bond donors (Lipinski definition) is 2. The molecule has 2 spiro atoms. The first-order valence-electron chi connectivity index (χ1n) is 21.5. The third-order valence-electron chi connectivity index (χ3n) is 13.6. The normalized spacial score (nSPS) is 40.3. The Kier molecular flexibility index (Phi) is 12.6. The Morgan fingerprint density at radius 2 is 1.45 bits per heavy atom. The van der Waals surface area contributed by atoms with Gasteiger partial charge in [-0.25, -0.2) is 9.59 Å². The molecule has 0 radical (unpaired) electrons. The number of azide groups is 1. The van der Waals surface area contributed by atoms with Crippen molar-refractivity contribution in [1.82, 2.24) is 0 Å². The van der Waals surface area contributed by atoms with Crippen molar-refractivity contribution in [2.75, 3.05) is 6.61 Å². The Morgan fingerprint density at radius 3 is 2.05 bits per heavy atom. The van der Waals surface area contributed by atoms with Crippen molar-refractivity contribution in [3.63, 3.8) is 0 Å². The molecule has 4 saturated carbocycles. The lowest BCUT2D eigenvalue weighted by Crippen LogP contribution is -2.66. The SMILES string of the molecule is CC(C)[C@@H]1CC[C@@H](C)C[C@H]1OC(=O)O[C@H]1[C@H](O[C@H]2O[C@H](COC(=O)c3ccccc3)[C@@H](O)[C@H](O)[C@H]2N=[N+]=[N-])[C@H]2OC3(CCCCC3)O[C@@H]2[C@H]2OC3(CCCCC3)O[C@@H]12. The molecule has 7 aliphatic rings. The van der Waals surface area contributed by atoms with Crippen LogP contribution in [0.5, 0.6) is 0 Å². The highest BCUT2D eigenvalue weighted by Crippen LogP contribution is 2.53. The zero-order valence-corrected chi connectivity index (χ0v) is 33.7. The second kappa shape index (κ2) is 17.5. The molecule has 3 aliphatic heterocycles. The summed E-state index contributed by atoms with van der Waals surface area (Å²) in [7, 11) is 0. The van der Waals surface area contributed by atoms with Crippen LogP contribution < -0.4 is 0 Å². The van der Waals surface area contributed by atoms with Gasteiger partial charge in [0.05, 0.1) is 11.7 Å². The summed E-state index contributed by atoms with van der Waals surface area (Å²) in [6.07, 6.45) is -1.90. The largest absolute Gasteiger partial charge is 0.509 e. The number of carbonyl (C=O) groups is 2. The molecule has 4 aliphatic carbocycles. The van der Waals surface area contributed by atoms with Crippen LogP contribution >= 0.6 is 0 Å². The van der Waals surface area contributed by atoms with E-state index in [1.165, 1.54) is 0 Å². The van der Waals surface area contributed by atoms with E-state index in [0.29, 0.717) is 38.0 Å². The Labute approximate surface area is 339 Å². The van der Waals surface area contributed by atoms with Crippen molar-refractivity contribution in [3.05, 3.63) is 46.3 Å². The molecule has 1 aromatic carbocycles. The molecule has 0 bridgehead atoms. The number of rotatable bonds is 9. The smallest absolute Gasteiger partial charge is 0.459 e. The van der Waals surface area contributed by atoms with E-state index in [4.69, 9.17) is 42.6 Å². The van der Waals surface area contributed by atoms with Gasteiger partial charge in [0, 0.05) is 30.6 Å². The zero-order valence-electron chi connectivity index (χ0n) is 33.7. The summed E-state index contributed by atoms with van der Waals surface area (Å²) in [5, 5.41) is 26.3. The molecule has 7 fully saturated rings. The number of nitrogens with zero attached hydrogens (tertiary/aromatic N) is 3. The Bertz CT molecular complexity index is 1630. The molecule has 1 aromatic rings. The number of carbonyl (C=O) groups excluding carboxylic acids is 2. The van der Waals surface area contributed by atoms with Crippen LogP contribution in [0.25, 0.3) is 10.4 Å². The maximum Gasteiger partial charge on any atom is 0.509 e. The molecule has 3 saturated heterocycles. The van der Waals surface area contributed by atoms with Crippen LogP contribution in [-0.4, -0.2) is 114 Å². The summed E-state index contributed by atoms with van der Waals surface area (Å²) in [6.45, 7) is 5.97. The highest BCUT2D eigenvalue weighted by Gasteiger charge is 2.68.